The topological polar surface area (TPSA) is 119 Å². The summed E-state index contributed by atoms with van der Waals surface area (Å²) in [5.74, 6) is -2.27. The van der Waals surface area contributed by atoms with Crippen molar-refractivity contribution in [2.45, 2.75) is 12.5 Å². The molecule has 1 aromatic rings. The maximum Gasteiger partial charge on any atom is 0.408 e. The molecule has 0 aromatic heterocycles. The van der Waals surface area contributed by atoms with E-state index in [0.29, 0.717) is 5.56 Å². The first-order valence-corrected chi connectivity index (χ1v) is 7.38. The molecular weight excluding hydrogens is 330 g/mol. The van der Waals surface area contributed by atoms with E-state index in [9.17, 15) is 19.2 Å². The predicted octanol–water partition coefficient (Wildman–Crippen LogP) is 1.21. The van der Waals surface area contributed by atoms with Gasteiger partial charge in [-0.2, -0.15) is 0 Å². The molecule has 0 aliphatic heterocycles. The molecule has 134 valence electrons. The van der Waals surface area contributed by atoms with Gasteiger partial charge in [0.2, 0.25) is 0 Å². The van der Waals surface area contributed by atoms with Crippen LogP contribution in [0.1, 0.15) is 16.8 Å². The normalized spacial score (nSPS) is 11.2. The van der Waals surface area contributed by atoms with Crippen LogP contribution in [-0.4, -0.2) is 54.6 Å². The lowest BCUT2D eigenvalue weighted by atomic mass is 10.1. The van der Waals surface area contributed by atoms with Crippen LogP contribution in [0.3, 0.4) is 0 Å². The number of ketones is 2. The van der Waals surface area contributed by atoms with Crippen LogP contribution in [0.4, 0.5) is 4.79 Å². The SMILES string of the molecule is C=CCOC(=O)N[C@@H](CC(=O)O)C(=O)COCC(=O)c1ccccc1. The molecule has 2 N–H and O–H groups in total. The van der Waals surface area contributed by atoms with Crippen molar-refractivity contribution in [2.24, 2.45) is 0 Å². The van der Waals surface area contributed by atoms with E-state index in [1.807, 2.05) is 0 Å². The molecule has 1 amide bonds. The molecule has 0 unspecified atom stereocenters. The highest BCUT2D eigenvalue weighted by atomic mass is 16.5. The van der Waals surface area contributed by atoms with Crippen molar-refractivity contribution < 1.29 is 33.8 Å². The lowest BCUT2D eigenvalue weighted by Gasteiger charge is -2.15. The second kappa shape index (κ2) is 10.7. The fraction of sp³-hybridized carbons (Fsp3) is 0.294. The Labute approximate surface area is 144 Å². The van der Waals surface area contributed by atoms with Gasteiger partial charge in [-0.3, -0.25) is 14.4 Å². The second-order valence-electron chi connectivity index (χ2n) is 4.93. The molecule has 8 heteroatoms. The first-order chi connectivity index (χ1) is 11.9. The molecule has 25 heavy (non-hydrogen) atoms. The molecule has 8 nitrogen and oxygen atoms in total. The second-order valence-corrected chi connectivity index (χ2v) is 4.93. The fourth-order valence-electron chi connectivity index (χ4n) is 1.79. The Balaban J connectivity index is 2.51. The zero-order valence-electron chi connectivity index (χ0n) is 13.5. The highest BCUT2D eigenvalue weighted by Crippen LogP contribution is 2.01. The lowest BCUT2D eigenvalue weighted by molar-refractivity contribution is -0.140. The van der Waals surface area contributed by atoms with Crippen LogP contribution in [0.5, 0.6) is 0 Å². The van der Waals surface area contributed by atoms with E-state index in [2.05, 4.69) is 16.6 Å². The number of carbonyl (C=O) groups is 4. The minimum absolute atomic E-state index is 0.0815. The average molecular weight is 349 g/mol. The summed E-state index contributed by atoms with van der Waals surface area (Å²) in [6.45, 7) is 2.43. The zero-order chi connectivity index (χ0) is 18.7. The molecule has 0 heterocycles. The molecule has 0 fully saturated rings. The molecule has 0 aliphatic carbocycles. The van der Waals surface area contributed by atoms with Gasteiger partial charge in [-0.25, -0.2) is 4.79 Å². The van der Waals surface area contributed by atoms with Gasteiger partial charge in [-0.15, -0.1) is 0 Å². The lowest BCUT2D eigenvalue weighted by Crippen LogP contribution is -2.44. The molecule has 0 spiro atoms. The summed E-state index contributed by atoms with van der Waals surface area (Å²) >= 11 is 0. The van der Waals surface area contributed by atoms with Crippen molar-refractivity contribution in [1.82, 2.24) is 5.32 Å². The van der Waals surface area contributed by atoms with E-state index < -0.39 is 36.9 Å². The number of alkyl carbamates (subject to hydrolysis) is 1. The van der Waals surface area contributed by atoms with Crippen LogP contribution in [-0.2, 0) is 19.1 Å². The Morgan fingerprint density at radius 2 is 1.84 bits per heavy atom. The van der Waals surface area contributed by atoms with Crippen molar-refractivity contribution in [1.29, 1.82) is 0 Å². The molecule has 0 saturated heterocycles. The third-order valence-corrected chi connectivity index (χ3v) is 2.97. The summed E-state index contributed by atoms with van der Waals surface area (Å²) in [4.78, 5) is 46.1. The standard InChI is InChI=1S/C17H19NO7/c1-2-8-25-17(23)18-13(9-16(21)22)15(20)11-24-10-14(19)12-6-4-3-5-7-12/h2-7,13H,1,8-11H2,(H,18,23)(H,21,22)/t13-/m0/s1. The molecule has 0 saturated carbocycles. The molecule has 1 atom stereocenters. The highest BCUT2D eigenvalue weighted by Gasteiger charge is 2.24. The van der Waals surface area contributed by atoms with Gasteiger partial charge in [0.25, 0.3) is 0 Å². The Kier molecular flexibility index (Phi) is 8.59. The number of nitrogens with one attached hydrogen (secondary N) is 1. The molecule has 0 radical (unpaired) electrons. The number of amides is 1. The number of carboxylic acid groups (broad SMARTS) is 1. The number of benzene rings is 1. The number of rotatable bonds is 11. The summed E-state index contributed by atoms with van der Waals surface area (Å²) in [5, 5.41) is 11.0. The number of Topliss-reactive ketones (excluding diaryl/α,β-unsaturated/α-hetero) is 2. The molecule has 1 rings (SSSR count). The van der Waals surface area contributed by atoms with E-state index in [1.54, 1.807) is 30.3 Å². The largest absolute Gasteiger partial charge is 0.481 e. The third-order valence-electron chi connectivity index (χ3n) is 2.97. The minimum Gasteiger partial charge on any atom is -0.481 e. The number of hydrogen-bond donors (Lipinski definition) is 2. The van der Waals surface area contributed by atoms with Gasteiger partial charge in [0.1, 0.15) is 25.9 Å². The van der Waals surface area contributed by atoms with E-state index in [-0.39, 0.29) is 19.0 Å². The van der Waals surface area contributed by atoms with E-state index >= 15 is 0 Å². The van der Waals surface area contributed by atoms with Crippen LogP contribution in [0.2, 0.25) is 0 Å². The van der Waals surface area contributed by atoms with Gasteiger partial charge in [0.05, 0.1) is 6.42 Å². The van der Waals surface area contributed by atoms with E-state index in [4.69, 9.17) is 9.84 Å². The van der Waals surface area contributed by atoms with Gasteiger partial charge < -0.3 is 19.9 Å². The number of carbonyl (C=O) groups excluding carboxylic acids is 3. The van der Waals surface area contributed by atoms with Gasteiger partial charge in [0.15, 0.2) is 11.6 Å². The summed E-state index contributed by atoms with van der Waals surface area (Å²) in [7, 11) is 0. The van der Waals surface area contributed by atoms with Crippen molar-refractivity contribution >= 4 is 23.6 Å². The monoisotopic (exact) mass is 349 g/mol. The Hall–Kier alpha value is -3.00. The first-order valence-electron chi connectivity index (χ1n) is 7.38. The van der Waals surface area contributed by atoms with Crippen LogP contribution in [0, 0.1) is 0 Å². The summed E-state index contributed by atoms with van der Waals surface area (Å²) in [6.07, 6.45) is -0.246. The third kappa shape index (κ3) is 7.89. The minimum atomic E-state index is -1.32. The van der Waals surface area contributed by atoms with Crippen molar-refractivity contribution in [3.8, 4) is 0 Å². The van der Waals surface area contributed by atoms with Gasteiger partial charge in [-0.05, 0) is 0 Å². The molecule has 0 aliphatic rings. The van der Waals surface area contributed by atoms with Crippen LogP contribution >= 0.6 is 0 Å². The van der Waals surface area contributed by atoms with Crippen LogP contribution < -0.4 is 5.32 Å². The van der Waals surface area contributed by atoms with Crippen LogP contribution in [0.15, 0.2) is 43.0 Å². The number of hydrogen-bond acceptors (Lipinski definition) is 6. The predicted molar refractivity (Wildman–Crippen MR) is 87.3 cm³/mol. The smallest absolute Gasteiger partial charge is 0.408 e. The van der Waals surface area contributed by atoms with Crippen molar-refractivity contribution in [3.05, 3.63) is 48.6 Å². The van der Waals surface area contributed by atoms with E-state index in [1.165, 1.54) is 6.08 Å². The molecule has 0 bridgehead atoms. The van der Waals surface area contributed by atoms with E-state index in [0.717, 1.165) is 0 Å². The number of aliphatic carboxylic acids is 1. The zero-order valence-corrected chi connectivity index (χ0v) is 13.5. The van der Waals surface area contributed by atoms with Crippen LogP contribution in [0.25, 0.3) is 0 Å². The maximum absolute atomic E-state index is 12.0. The maximum atomic E-state index is 12.0. The Bertz CT molecular complexity index is 627. The summed E-state index contributed by atoms with van der Waals surface area (Å²) in [5.41, 5.74) is 0.433. The first kappa shape index (κ1) is 20.0. The molecular formula is C17H19NO7. The highest BCUT2D eigenvalue weighted by molar-refractivity contribution is 5.97. The fourth-order valence-corrected chi connectivity index (χ4v) is 1.79. The van der Waals surface area contributed by atoms with Crippen molar-refractivity contribution in [2.75, 3.05) is 19.8 Å². The average Bonchev–Trinajstić information content (AvgIpc) is 2.59. The Morgan fingerprint density at radius 3 is 2.44 bits per heavy atom. The van der Waals surface area contributed by atoms with Gasteiger partial charge in [-0.1, -0.05) is 43.0 Å². The number of ether oxygens (including phenoxy) is 2. The summed E-state index contributed by atoms with van der Waals surface area (Å²) in [6, 6.07) is 7.05. The van der Waals surface area contributed by atoms with Gasteiger partial charge in [0, 0.05) is 5.56 Å². The molecule has 1 aromatic carbocycles. The summed E-state index contributed by atoms with van der Waals surface area (Å²) < 4.78 is 9.68. The quantitative estimate of drug-likeness (QED) is 0.455. The number of carboxylic acids is 1. The Morgan fingerprint density at radius 1 is 1.16 bits per heavy atom. The van der Waals surface area contributed by atoms with Gasteiger partial charge >= 0.3 is 12.1 Å². The van der Waals surface area contributed by atoms with Crippen molar-refractivity contribution in [3.63, 3.8) is 0 Å².